The zero-order valence-corrected chi connectivity index (χ0v) is 21.8. The van der Waals surface area contributed by atoms with E-state index in [4.69, 9.17) is 14.2 Å². The first kappa shape index (κ1) is 26.9. The maximum atomic E-state index is 13.6. The predicted octanol–water partition coefficient (Wildman–Crippen LogP) is 2.92. The van der Waals surface area contributed by atoms with E-state index in [-0.39, 0.29) is 35.7 Å². The second-order valence-electron chi connectivity index (χ2n) is 8.61. The van der Waals surface area contributed by atoms with Gasteiger partial charge >= 0.3 is 5.97 Å². The summed E-state index contributed by atoms with van der Waals surface area (Å²) in [6.07, 6.45) is 1.28. The minimum absolute atomic E-state index is 0.0499. The highest BCUT2D eigenvalue weighted by molar-refractivity contribution is 6.05. The van der Waals surface area contributed by atoms with Gasteiger partial charge in [-0.2, -0.15) is 0 Å². The Morgan fingerprint density at radius 1 is 1.00 bits per heavy atom. The van der Waals surface area contributed by atoms with Crippen molar-refractivity contribution in [3.63, 3.8) is 0 Å². The summed E-state index contributed by atoms with van der Waals surface area (Å²) in [5.74, 6) is 0.312. The number of carbonyl (C=O) groups is 3. The van der Waals surface area contributed by atoms with Crippen molar-refractivity contribution < 1.29 is 28.6 Å². The van der Waals surface area contributed by atoms with Crippen LogP contribution in [0.1, 0.15) is 69.9 Å². The normalized spacial score (nSPS) is 15.4. The first-order valence-corrected chi connectivity index (χ1v) is 12.1. The van der Waals surface area contributed by atoms with E-state index < -0.39 is 5.97 Å². The van der Waals surface area contributed by atoms with Crippen molar-refractivity contribution in [1.82, 2.24) is 19.8 Å². The molecule has 0 saturated carbocycles. The van der Waals surface area contributed by atoms with Crippen molar-refractivity contribution in [3.05, 3.63) is 46.5 Å². The fraction of sp³-hybridized carbons (Fsp3) is 0.500. The van der Waals surface area contributed by atoms with Gasteiger partial charge in [-0.3, -0.25) is 9.59 Å². The van der Waals surface area contributed by atoms with Crippen molar-refractivity contribution in [2.24, 2.45) is 0 Å². The van der Waals surface area contributed by atoms with Gasteiger partial charge in [0.25, 0.3) is 11.8 Å². The van der Waals surface area contributed by atoms with Crippen molar-refractivity contribution in [2.45, 2.75) is 46.6 Å². The number of piperazine rings is 1. The zero-order valence-electron chi connectivity index (χ0n) is 21.8. The van der Waals surface area contributed by atoms with Crippen LogP contribution in [-0.2, 0) is 11.2 Å². The van der Waals surface area contributed by atoms with Crippen LogP contribution < -0.4 is 9.47 Å². The molecular formula is C26H34N4O6. The van der Waals surface area contributed by atoms with E-state index in [0.29, 0.717) is 54.6 Å². The van der Waals surface area contributed by atoms with Gasteiger partial charge in [0.1, 0.15) is 28.6 Å². The smallest absolute Gasteiger partial charge is 0.342 e. The number of ether oxygens (including phenoxy) is 3. The van der Waals surface area contributed by atoms with Crippen LogP contribution >= 0.6 is 0 Å². The van der Waals surface area contributed by atoms with Gasteiger partial charge in [0, 0.05) is 37.3 Å². The van der Waals surface area contributed by atoms with Gasteiger partial charge in [-0.15, -0.1) is 0 Å². The van der Waals surface area contributed by atoms with Crippen LogP contribution in [0.5, 0.6) is 11.5 Å². The molecule has 1 fully saturated rings. The summed E-state index contributed by atoms with van der Waals surface area (Å²) in [6, 6.07) is 4.77. The molecule has 0 bridgehead atoms. The molecule has 0 N–H and O–H groups in total. The summed E-state index contributed by atoms with van der Waals surface area (Å²) in [7, 11) is 3.06. The van der Waals surface area contributed by atoms with Crippen molar-refractivity contribution in [2.75, 3.05) is 40.5 Å². The zero-order chi connectivity index (χ0) is 26.4. The van der Waals surface area contributed by atoms with E-state index in [9.17, 15) is 14.4 Å². The molecule has 10 nitrogen and oxygen atoms in total. The molecule has 194 valence electrons. The Balaban J connectivity index is 1.85. The standard InChI is InChI=1S/C26H34N4O6/c1-7-9-21-22(26(33)36-8-2)23(28-17(4)27-21)25(32)29-10-11-30(16(3)15-29)24(31)18-12-19(34-5)14-20(13-18)35-6/h12-14,16H,7-11,15H2,1-6H3. The molecule has 1 aliphatic rings. The van der Waals surface area contributed by atoms with Crippen molar-refractivity contribution in [3.8, 4) is 11.5 Å². The summed E-state index contributed by atoms with van der Waals surface area (Å²) in [4.78, 5) is 51.8. The quantitative estimate of drug-likeness (QED) is 0.511. The van der Waals surface area contributed by atoms with E-state index in [2.05, 4.69) is 9.97 Å². The number of hydrogen-bond donors (Lipinski definition) is 0. The third kappa shape index (κ3) is 5.75. The summed E-state index contributed by atoms with van der Waals surface area (Å²) >= 11 is 0. The lowest BCUT2D eigenvalue weighted by molar-refractivity contribution is 0.0405. The van der Waals surface area contributed by atoms with Crippen LogP contribution in [0.15, 0.2) is 18.2 Å². The fourth-order valence-corrected chi connectivity index (χ4v) is 4.31. The molecule has 1 atom stereocenters. The summed E-state index contributed by atoms with van der Waals surface area (Å²) < 4.78 is 15.8. The molecule has 36 heavy (non-hydrogen) atoms. The van der Waals surface area contributed by atoms with Crippen molar-refractivity contribution >= 4 is 17.8 Å². The van der Waals surface area contributed by atoms with Crippen LogP contribution in [-0.4, -0.2) is 84.1 Å². The highest BCUT2D eigenvalue weighted by Gasteiger charge is 2.34. The highest BCUT2D eigenvalue weighted by Crippen LogP contribution is 2.25. The Bertz CT molecular complexity index is 1110. The van der Waals surface area contributed by atoms with E-state index in [1.54, 1.807) is 41.8 Å². The number of esters is 1. The van der Waals surface area contributed by atoms with Gasteiger partial charge < -0.3 is 24.0 Å². The lowest BCUT2D eigenvalue weighted by atomic mass is 10.0. The maximum Gasteiger partial charge on any atom is 0.342 e. The van der Waals surface area contributed by atoms with Crippen LogP contribution in [0.2, 0.25) is 0 Å². The molecular weight excluding hydrogens is 464 g/mol. The second kappa shape index (κ2) is 11.8. The minimum Gasteiger partial charge on any atom is -0.497 e. The third-order valence-corrected chi connectivity index (χ3v) is 6.04. The summed E-state index contributed by atoms with van der Waals surface area (Å²) in [6.45, 7) is 8.37. The van der Waals surface area contributed by atoms with Gasteiger partial charge in [0.2, 0.25) is 0 Å². The molecule has 2 aromatic rings. The lowest BCUT2D eigenvalue weighted by Gasteiger charge is -2.40. The Morgan fingerprint density at radius 3 is 2.22 bits per heavy atom. The lowest BCUT2D eigenvalue weighted by Crippen LogP contribution is -2.55. The molecule has 1 aromatic heterocycles. The number of amides is 2. The number of hydrogen-bond acceptors (Lipinski definition) is 8. The topological polar surface area (TPSA) is 111 Å². The average molecular weight is 499 g/mol. The average Bonchev–Trinajstić information content (AvgIpc) is 2.87. The number of aryl methyl sites for hydroxylation is 2. The fourth-order valence-electron chi connectivity index (χ4n) is 4.31. The Morgan fingerprint density at radius 2 is 1.67 bits per heavy atom. The molecule has 3 rings (SSSR count). The SMILES string of the molecule is CCCc1nc(C)nc(C(=O)N2CCN(C(=O)c3cc(OC)cc(OC)c3)C(C)C2)c1C(=O)OCC. The van der Waals surface area contributed by atoms with Crippen LogP contribution in [0.25, 0.3) is 0 Å². The number of aromatic nitrogens is 2. The summed E-state index contributed by atoms with van der Waals surface area (Å²) in [5, 5.41) is 0. The van der Waals surface area contributed by atoms with E-state index >= 15 is 0 Å². The Hall–Kier alpha value is -3.69. The second-order valence-corrected chi connectivity index (χ2v) is 8.61. The van der Waals surface area contributed by atoms with Crippen LogP contribution in [0, 0.1) is 6.92 Å². The van der Waals surface area contributed by atoms with Gasteiger partial charge in [0.05, 0.1) is 26.5 Å². The summed E-state index contributed by atoms with van der Waals surface area (Å²) in [5.41, 5.74) is 1.14. The molecule has 0 spiro atoms. The maximum absolute atomic E-state index is 13.6. The van der Waals surface area contributed by atoms with Gasteiger partial charge in [-0.1, -0.05) is 13.3 Å². The number of rotatable bonds is 8. The molecule has 2 amide bonds. The van der Waals surface area contributed by atoms with Gasteiger partial charge in [0.15, 0.2) is 0 Å². The monoisotopic (exact) mass is 498 g/mol. The van der Waals surface area contributed by atoms with Crippen LogP contribution in [0.3, 0.4) is 0 Å². The third-order valence-electron chi connectivity index (χ3n) is 6.04. The molecule has 1 saturated heterocycles. The van der Waals surface area contributed by atoms with E-state index in [1.807, 2.05) is 13.8 Å². The molecule has 1 aliphatic heterocycles. The first-order valence-electron chi connectivity index (χ1n) is 12.1. The highest BCUT2D eigenvalue weighted by atomic mass is 16.5. The molecule has 0 radical (unpaired) electrons. The first-order chi connectivity index (χ1) is 17.2. The Labute approximate surface area is 211 Å². The van der Waals surface area contributed by atoms with E-state index in [0.717, 1.165) is 6.42 Å². The molecule has 0 aliphatic carbocycles. The van der Waals surface area contributed by atoms with Crippen molar-refractivity contribution in [1.29, 1.82) is 0 Å². The number of carbonyl (C=O) groups excluding carboxylic acids is 3. The largest absolute Gasteiger partial charge is 0.497 e. The number of nitrogens with zero attached hydrogens (tertiary/aromatic N) is 4. The van der Waals surface area contributed by atoms with Crippen LogP contribution in [0.4, 0.5) is 0 Å². The molecule has 2 heterocycles. The van der Waals surface area contributed by atoms with E-state index in [1.165, 1.54) is 14.2 Å². The minimum atomic E-state index is -0.599. The van der Waals surface area contributed by atoms with Gasteiger partial charge in [-0.25, -0.2) is 14.8 Å². The molecule has 1 aromatic carbocycles. The predicted molar refractivity (Wildman–Crippen MR) is 133 cm³/mol. The van der Waals surface area contributed by atoms with Gasteiger partial charge in [-0.05, 0) is 39.3 Å². The molecule has 1 unspecified atom stereocenters. The number of benzene rings is 1. The number of methoxy groups -OCH3 is 2. The molecule has 10 heteroatoms. The Kier molecular flexibility index (Phi) is 8.84.